The molecule has 0 spiro atoms. The van der Waals surface area contributed by atoms with E-state index >= 15 is 0 Å². The Balaban J connectivity index is 3.58. The van der Waals surface area contributed by atoms with Gasteiger partial charge >= 0.3 is 0 Å². The number of hydrogen-bond donors (Lipinski definition) is 0. The van der Waals surface area contributed by atoms with E-state index in [0.29, 0.717) is 0 Å². The Hall–Kier alpha value is 0. The standard InChI is InChI=1S/C16H34/c1-7-14(4)12-16(6)15(5)11-9-8-10-13(2)3/h13-16H,7-12H2,1-6H3. The molecular formula is C16H34. The van der Waals surface area contributed by atoms with E-state index in [1.807, 2.05) is 0 Å². The van der Waals surface area contributed by atoms with Crippen LogP contribution in [-0.2, 0) is 0 Å². The normalized spacial score (nSPS) is 17.4. The first-order valence-corrected chi connectivity index (χ1v) is 7.47. The van der Waals surface area contributed by atoms with Gasteiger partial charge in [-0.25, -0.2) is 0 Å². The van der Waals surface area contributed by atoms with Gasteiger partial charge in [-0.05, 0) is 30.1 Å². The lowest BCUT2D eigenvalue weighted by Crippen LogP contribution is -2.11. The van der Waals surface area contributed by atoms with E-state index in [1.54, 1.807) is 0 Å². The van der Waals surface area contributed by atoms with Crippen LogP contribution in [0.1, 0.15) is 80.1 Å². The summed E-state index contributed by atoms with van der Waals surface area (Å²) < 4.78 is 0. The van der Waals surface area contributed by atoms with Gasteiger partial charge in [-0.15, -0.1) is 0 Å². The molecule has 0 aliphatic carbocycles. The summed E-state index contributed by atoms with van der Waals surface area (Å²) in [6.07, 6.45) is 8.46. The molecule has 0 heteroatoms. The molecule has 3 atom stereocenters. The summed E-state index contributed by atoms with van der Waals surface area (Å²) in [4.78, 5) is 0. The molecule has 0 nitrogen and oxygen atoms in total. The zero-order valence-corrected chi connectivity index (χ0v) is 12.6. The number of rotatable bonds is 9. The third kappa shape index (κ3) is 8.19. The van der Waals surface area contributed by atoms with Crippen molar-refractivity contribution in [2.75, 3.05) is 0 Å². The highest BCUT2D eigenvalue weighted by atomic mass is 14.2. The second kappa shape index (κ2) is 9.07. The summed E-state index contributed by atoms with van der Waals surface area (Å²) >= 11 is 0. The first-order chi connectivity index (χ1) is 7.47. The average molecular weight is 226 g/mol. The molecule has 0 N–H and O–H groups in total. The van der Waals surface area contributed by atoms with Crippen molar-refractivity contribution in [2.24, 2.45) is 23.7 Å². The Morgan fingerprint density at radius 1 is 0.750 bits per heavy atom. The predicted octanol–water partition coefficient (Wildman–Crippen LogP) is 5.91. The van der Waals surface area contributed by atoms with Crippen LogP contribution in [0.3, 0.4) is 0 Å². The lowest BCUT2D eigenvalue weighted by Gasteiger charge is -2.22. The highest BCUT2D eigenvalue weighted by Crippen LogP contribution is 2.26. The number of unbranched alkanes of at least 4 members (excludes halogenated alkanes) is 1. The third-order valence-electron chi connectivity index (χ3n) is 4.13. The fraction of sp³-hybridized carbons (Fsp3) is 1.00. The molecule has 0 heterocycles. The Labute approximate surface area is 104 Å². The van der Waals surface area contributed by atoms with E-state index in [2.05, 4.69) is 41.5 Å². The summed E-state index contributed by atoms with van der Waals surface area (Å²) in [6.45, 7) is 14.2. The maximum absolute atomic E-state index is 2.45. The average Bonchev–Trinajstić information content (AvgIpc) is 2.23. The van der Waals surface area contributed by atoms with Crippen LogP contribution in [0.15, 0.2) is 0 Å². The molecular weight excluding hydrogens is 192 g/mol. The topological polar surface area (TPSA) is 0 Å². The first-order valence-electron chi connectivity index (χ1n) is 7.47. The summed E-state index contributed by atoms with van der Waals surface area (Å²) in [5.74, 6) is 3.62. The van der Waals surface area contributed by atoms with Crippen LogP contribution >= 0.6 is 0 Å². The van der Waals surface area contributed by atoms with Gasteiger partial charge in [0.2, 0.25) is 0 Å². The summed E-state index contributed by atoms with van der Waals surface area (Å²) in [5.41, 5.74) is 0. The van der Waals surface area contributed by atoms with Gasteiger partial charge in [0.25, 0.3) is 0 Å². The van der Waals surface area contributed by atoms with Crippen LogP contribution in [0.2, 0.25) is 0 Å². The molecule has 98 valence electrons. The SMILES string of the molecule is CCC(C)CC(C)C(C)CCCCC(C)C. The van der Waals surface area contributed by atoms with E-state index in [-0.39, 0.29) is 0 Å². The second-order valence-electron chi connectivity index (χ2n) is 6.38. The van der Waals surface area contributed by atoms with Gasteiger partial charge in [0, 0.05) is 0 Å². The van der Waals surface area contributed by atoms with Crippen molar-refractivity contribution >= 4 is 0 Å². The largest absolute Gasteiger partial charge is 0.0651 e. The highest BCUT2D eigenvalue weighted by molar-refractivity contribution is 4.65. The van der Waals surface area contributed by atoms with Crippen molar-refractivity contribution in [1.82, 2.24) is 0 Å². The fourth-order valence-corrected chi connectivity index (χ4v) is 2.34. The molecule has 0 rings (SSSR count). The summed E-state index contributed by atoms with van der Waals surface area (Å²) in [7, 11) is 0. The molecule has 0 bridgehead atoms. The maximum Gasteiger partial charge on any atom is -0.0414 e. The third-order valence-corrected chi connectivity index (χ3v) is 4.13. The fourth-order valence-electron chi connectivity index (χ4n) is 2.34. The van der Waals surface area contributed by atoms with Crippen molar-refractivity contribution in [1.29, 1.82) is 0 Å². The summed E-state index contributed by atoms with van der Waals surface area (Å²) in [5, 5.41) is 0. The molecule has 0 amide bonds. The quantitative estimate of drug-likeness (QED) is 0.429. The molecule has 0 fully saturated rings. The smallest absolute Gasteiger partial charge is 0.0414 e. The van der Waals surface area contributed by atoms with Crippen molar-refractivity contribution < 1.29 is 0 Å². The molecule has 0 aliphatic rings. The monoisotopic (exact) mass is 226 g/mol. The first kappa shape index (κ1) is 16.0. The van der Waals surface area contributed by atoms with Gasteiger partial charge in [0.05, 0.1) is 0 Å². The predicted molar refractivity (Wildman–Crippen MR) is 75.7 cm³/mol. The highest BCUT2D eigenvalue weighted by Gasteiger charge is 2.14. The van der Waals surface area contributed by atoms with Crippen LogP contribution in [0.25, 0.3) is 0 Å². The maximum atomic E-state index is 2.45. The van der Waals surface area contributed by atoms with Gasteiger partial charge in [-0.3, -0.25) is 0 Å². The minimum atomic E-state index is 0.882. The molecule has 0 radical (unpaired) electrons. The van der Waals surface area contributed by atoms with E-state index in [9.17, 15) is 0 Å². The Kier molecular flexibility index (Phi) is 9.07. The van der Waals surface area contributed by atoms with Gasteiger partial charge in [0.1, 0.15) is 0 Å². The van der Waals surface area contributed by atoms with Crippen LogP contribution in [0.4, 0.5) is 0 Å². The van der Waals surface area contributed by atoms with Crippen molar-refractivity contribution in [3.8, 4) is 0 Å². The van der Waals surface area contributed by atoms with E-state index < -0.39 is 0 Å². The molecule has 0 aromatic rings. The zero-order chi connectivity index (χ0) is 12.6. The number of hydrogen-bond acceptors (Lipinski definition) is 0. The zero-order valence-electron chi connectivity index (χ0n) is 12.6. The molecule has 16 heavy (non-hydrogen) atoms. The lowest BCUT2D eigenvalue weighted by molar-refractivity contribution is 0.288. The molecule has 0 aromatic carbocycles. The molecule has 0 aromatic heterocycles. The van der Waals surface area contributed by atoms with Gasteiger partial charge < -0.3 is 0 Å². The minimum absolute atomic E-state index is 0.882. The lowest BCUT2D eigenvalue weighted by atomic mass is 9.83. The van der Waals surface area contributed by atoms with Gasteiger partial charge in [-0.1, -0.05) is 73.6 Å². The molecule has 3 unspecified atom stereocenters. The van der Waals surface area contributed by atoms with E-state index in [1.165, 1.54) is 38.5 Å². The van der Waals surface area contributed by atoms with Crippen LogP contribution in [0, 0.1) is 23.7 Å². The van der Waals surface area contributed by atoms with Crippen molar-refractivity contribution in [3.05, 3.63) is 0 Å². The minimum Gasteiger partial charge on any atom is -0.0651 e. The van der Waals surface area contributed by atoms with Crippen LogP contribution in [-0.4, -0.2) is 0 Å². The van der Waals surface area contributed by atoms with Gasteiger partial charge in [0.15, 0.2) is 0 Å². The molecule has 0 saturated carbocycles. The molecule has 0 aliphatic heterocycles. The van der Waals surface area contributed by atoms with E-state index in [0.717, 1.165) is 23.7 Å². The van der Waals surface area contributed by atoms with Crippen LogP contribution in [0.5, 0.6) is 0 Å². The molecule has 0 saturated heterocycles. The van der Waals surface area contributed by atoms with Crippen molar-refractivity contribution in [3.63, 3.8) is 0 Å². The Morgan fingerprint density at radius 2 is 1.31 bits per heavy atom. The second-order valence-corrected chi connectivity index (χ2v) is 6.38. The van der Waals surface area contributed by atoms with E-state index in [4.69, 9.17) is 0 Å². The Bertz CT molecular complexity index is 148. The summed E-state index contributed by atoms with van der Waals surface area (Å²) in [6, 6.07) is 0. The Morgan fingerprint density at radius 3 is 1.81 bits per heavy atom. The van der Waals surface area contributed by atoms with Gasteiger partial charge in [-0.2, -0.15) is 0 Å². The van der Waals surface area contributed by atoms with Crippen molar-refractivity contribution in [2.45, 2.75) is 80.1 Å². The van der Waals surface area contributed by atoms with Crippen LogP contribution < -0.4 is 0 Å².